The smallest absolute Gasteiger partial charge is 0.0771 e. The fraction of sp³-hybridized carbons (Fsp3) is 0.714. The van der Waals surface area contributed by atoms with Crippen LogP contribution in [0.5, 0.6) is 0 Å². The van der Waals surface area contributed by atoms with Gasteiger partial charge in [-0.05, 0) is 13.3 Å². The van der Waals surface area contributed by atoms with Crippen LogP contribution in [0.2, 0.25) is 0 Å². The van der Waals surface area contributed by atoms with E-state index in [1.54, 1.807) is 6.20 Å². The summed E-state index contributed by atoms with van der Waals surface area (Å²) in [6.07, 6.45) is 3.04. The SMILES string of the molecule is CCC(C)(O)Cc1cnsn1. The lowest BCUT2D eigenvalue weighted by Gasteiger charge is -2.18. The van der Waals surface area contributed by atoms with Gasteiger partial charge in [0.25, 0.3) is 0 Å². The van der Waals surface area contributed by atoms with Gasteiger partial charge in [-0.2, -0.15) is 8.75 Å². The summed E-state index contributed by atoms with van der Waals surface area (Å²) in [6.45, 7) is 3.77. The molecule has 1 unspecified atom stereocenters. The van der Waals surface area contributed by atoms with E-state index < -0.39 is 5.60 Å². The fourth-order valence-electron chi connectivity index (χ4n) is 0.777. The van der Waals surface area contributed by atoms with E-state index in [1.807, 2.05) is 13.8 Å². The molecule has 0 radical (unpaired) electrons. The topological polar surface area (TPSA) is 46.0 Å². The first-order valence-electron chi connectivity index (χ1n) is 3.63. The van der Waals surface area contributed by atoms with Gasteiger partial charge in [-0.1, -0.05) is 6.92 Å². The molecule has 11 heavy (non-hydrogen) atoms. The van der Waals surface area contributed by atoms with Crippen LogP contribution in [-0.4, -0.2) is 19.5 Å². The van der Waals surface area contributed by atoms with Crippen LogP contribution in [0.1, 0.15) is 26.0 Å². The zero-order valence-electron chi connectivity index (χ0n) is 6.74. The van der Waals surface area contributed by atoms with Gasteiger partial charge in [-0.25, -0.2) is 0 Å². The Hall–Kier alpha value is -0.480. The lowest BCUT2D eigenvalue weighted by molar-refractivity contribution is 0.0556. The van der Waals surface area contributed by atoms with E-state index in [0.29, 0.717) is 6.42 Å². The van der Waals surface area contributed by atoms with Crippen molar-refractivity contribution in [3.8, 4) is 0 Å². The van der Waals surface area contributed by atoms with Gasteiger partial charge < -0.3 is 5.11 Å². The molecule has 0 saturated carbocycles. The Morgan fingerprint density at radius 1 is 1.73 bits per heavy atom. The predicted octanol–water partition coefficient (Wildman–Crippen LogP) is 1.24. The van der Waals surface area contributed by atoms with Gasteiger partial charge in [0.2, 0.25) is 0 Å². The number of hydrogen-bond acceptors (Lipinski definition) is 4. The third kappa shape index (κ3) is 2.55. The first-order valence-corrected chi connectivity index (χ1v) is 4.36. The summed E-state index contributed by atoms with van der Waals surface area (Å²) in [5.74, 6) is 0. The Balaban J connectivity index is 2.56. The molecule has 0 saturated heterocycles. The molecule has 62 valence electrons. The number of rotatable bonds is 3. The minimum atomic E-state index is -0.629. The fourth-order valence-corrected chi connectivity index (χ4v) is 1.21. The summed E-state index contributed by atoms with van der Waals surface area (Å²) >= 11 is 1.18. The molecule has 1 aromatic heterocycles. The lowest BCUT2D eigenvalue weighted by Crippen LogP contribution is -2.25. The number of aromatic nitrogens is 2. The molecule has 1 N–H and O–H groups in total. The highest BCUT2D eigenvalue weighted by atomic mass is 32.1. The molecule has 1 rings (SSSR count). The number of aliphatic hydroxyl groups is 1. The Morgan fingerprint density at radius 2 is 2.45 bits per heavy atom. The van der Waals surface area contributed by atoms with Crippen LogP contribution >= 0.6 is 11.7 Å². The number of hydrogen-bond donors (Lipinski definition) is 1. The normalized spacial score (nSPS) is 16.3. The first kappa shape index (κ1) is 8.62. The first-order chi connectivity index (χ1) is 5.14. The molecule has 0 aliphatic carbocycles. The van der Waals surface area contributed by atoms with Crippen LogP contribution in [0, 0.1) is 0 Å². The van der Waals surface area contributed by atoms with E-state index in [9.17, 15) is 5.11 Å². The van der Waals surface area contributed by atoms with Gasteiger partial charge in [-0.15, -0.1) is 0 Å². The van der Waals surface area contributed by atoms with Crippen LogP contribution in [-0.2, 0) is 6.42 Å². The summed E-state index contributed by atoms with van der Waals surface area (Å²) in [5, 5.41) is 9.63. The van der Waals surface area contributed by atoms with Crippen molar-refractivity contribution in [2.24, 2.45) is 0 Å². The molecule has 0 spiro atoms. The van der Waals surface area contributed by atoms with E-state index in [1.165, 1.54) is 11.7 Å². The van der Waals surface area contributed by atoms with Gasteiger partial charge >= 0.3 is 0 Å². The molecule has 0 fully saturated rings. The van der Waals surface area contributed by atoms with E-state index in [4.69, 9.17) is 0 Å². The number of nitrogens with zero attached hydrogens (tertiary/aromatic N) is 2. The molecule has 3 nitrogen and oxygen atoms in total. The van der Waals surface area contributed by atoms with Gasteiger partial charge in [0, 0.05) is 6.42 Å². The van der Waals surface area contributed by atoms with Crippen LogP contribution in [0.3, 0.4) is 0 Å². The highest BCUT2D eigenvalue weighted by Gasteiger charge is 2.19. The van der Waals surface area contributed by atoms with Gasteiger partial charge in [0.05, 0.1) is 29.2 Å². The minimum absolute atomic E-state index is 0.597. The van der Waals surface area contributed by atoms with Crippen molar-refractivity contribution in [1.29, 1.82) is 0 Å². The summed E-state index contributed by atoms with van der Waals surface area (Å²) in [6, 6.07) is 0. The monoisotopic (exact) mass is 172 g/mol. The van der Waals surface area contributed by atoms with Gasteiger partial charge in [0.1, 0.15) is 0 Å². The zero-order chi connectivity index (χ0) is 8.32. The molecular formula is C7H12N2OS. The molecular weight excluding hydrogens is 160 g/mol. The molecule has 0 aliphatic rings. The maximum absolute atomic E-state index is 9.63. The quantitative estimate of drug-likeness (QED) is 0.746. The molecule has 0 aliphatic heterocycles. The van der Waals surface area contributed by atoms with E-state index >= 15 is 0 Å². The van der Waals surface area contributed by atoms with E-state index in [-0.39, 0.29) is 0 Å². The highest BCUT2D eigenvalue weighted by molar-refractivity contribution is 6.99. The highest BCUT2D eigenvalue weighted by Crippen LogP contribution is 2.14. The Labute approximate surface area is 70.4 Å². The third-order valence-corrected chi connectivity index (χ3v) is 2.25. The van der Waals surface area contributed by atoms with Crippen molar-refractivity contribution < 1.29 is 5.11 Å². The van der Waals surface area contributed by atoms with Crippen LogP contribution in [0.15, 0.2) is 6.20 Å². The molecule has 4 heteroatoms. The molecule has 1 atom stereocenters. The Kier molecular flexibility index (Phi) is 2.57. The second kappa shape index (κ2) is 3.28. The summed E-state index contributed by atoms with van der Waals surface area (Å²) in [4.78, 5) is 0. The second-order valence-electron chi connectivity index (χ2n) is 2.93. The van der Waals surface area contributed by atoms with Crippen LogP contribution < -0.4 is 0 Å². The van der Waals surface area contributed by atoms with Crippen molar-refractivity contribution in [2.45, 2.75) is 32.3 Å². The average Bonchev–Trinajstić information content (AvgIpc) is 2.39. The zero-order valence-corrected chi connectivity index (χ0v) is 7.56. The third-order valence-electron chi connectivity index (χ3n) is 1.73. The van der Waals surface area contributed by atoms with Crippen LogP contribution in [0.25, 0.3) is 0 Å². The van der Waals surface area contributed by atoms with Crippen molar-refractivity contribution in [3.63, 3.8) is 0 Å². The van der Waals surface area contributed by atoms with E-state index in [2.05, 4.69) is 8.75 Å². The standard InChI is InChI=1S/C7H12N2OS/c1-3-7(2,10)4-6-5-8-11-9-6/h5,10H,3-4H2,1-2H3. The summed E-state index contributed by atoms with van der Waals surface area (Å²) < 4.78 is 7.88. The van der Waals surface area contributed by atoms with Gasteiger partial charge in [0.15, 0.2) is 0 Å². The maximum atomic E-state index is 9.63. The Bertz CT molecular complexity index is 208. The van der Waals surface area contributed by atoms with Crippen molar-refractivity contribution in [2.75, 3.05) is 0 Å². The van der Waals surface area contributed by atoms with Crippen molar-refractivity contribution in [1.82, 2.24) is 8.75 Å². The summed E-state index contributed by atoms with van der Waals surface area (Å²) in [5.41, 5.74) is 0.248. The molecule has 0 bridgehead atoms. The maximum Gasteiger partial charge on any atom is 0.0771 e. The molecule has 1 aromatic rings. The largest absolute Gasteiger partial charge is 0.390 e. The summed E-state index contributed by atoms with van der Waals surface area (Å²) in [7, 11) is 0. The molecule has 0 amide bonds. The minimum Gasteiger partial charge on any atom is -0.390 e. The second-order valence-corrected chi connectivity index (χ2v) is 3.48. The molecule has 0 aromatic carbocycles. The van der Waals surface area contributed by atoms with E-state index in [0.717, 1.165) is 12.1 Å². The van der Waals surface area contributed by atoms with Crippen molar-refractivity contribution in [3.05, 3.63) is 11.9 Å². The van der Waals surface area contributed by atoms with Crippen LogP contribution in [0.4, 0.5) is 0 Å². The Morgan fingerprint density at radius 3 is 2.91 bits per heavy atom. The predicted molar refractivity (Wildman–Crippen MR) is 44.5 cm³/mol. The molecule has 1 heterocycles. The average molecular weight is 172 g/mol. The lowest BCUT2D eigenvalue weighted by atomic mass is 9.98. The van der Waals surface area contributed by atoms with Crippen molar-refractivity contribution >= 4 is 11.7 Å². The van der Waals surface area contributed by atoms with Gasteiger partial charge in [-0.3, -0.25) is 0 Å².